The van der Waals surface area contributed by atoms with Gasteiger partial charge >= 0.3 is 0 Å². The second-order valence-electron chi connectivity index (χ2n) is 4.17. The number of carbonyl (C=O) groups excluding carboxylic acids is 1. The second kappa shape index (κ2) is 6.04. The molecule has 0 aromatic carbocycles. The number of hydrogen-bond acceptors (Lipinski definition) is 4. The van der Waals surface area contributed by atoms with Crippen molar-refractivity contribution in [1.29, 1.82) is 0 Å². The molecule has 2 aromatic rings. The van der Waals surface area contributed by atoms with E-state index >= 15 is 0 Å². The van der Waals surface area contributed by atoms with E-state index in [1.54, 1.807) is 24.6 Å². The van der Waals surface area contributed by atoms with Crippen LogP contribution in [0.5, 0.6) is 0 Å². The Balaban J connectivity index is 1.99. The summed E-state index contributed by atoms with van der Waals surface area (Å²) in [6.07, 6.45) is 3.23. The molecule has 1 unspecified atom stereocenters. The first-order chi connectivity index (χ1) is 9.20. The van der Waals surface area contributed by atoms with Crippen LogP contribution in [0.3, 0.4) is 0 Å². The Bertz CT molecular complexity index is 520. The third-order valence-electron chi connectivity index (χ3n) is 2.69. The Morgan fingerprint density at radius 2 is 2.26 bits per heavy atom. The summed E-state index contributed by atoms with van der Waals surface area (Å²) < 4.78 is 5.24. The van der Waals surface area contributed by atoms with Gasteiger partial charge in [-0.25, -0.2) is 4.98 Å². The van der Waals surface area contributed by atoms with Crippen LogP contribution in [0, 0.1) is 0 Å². The zero-order valence-corrected chi connectivity index (χ0v) is 11.0. The molecule has 2 heterocycles. The van der Waals surface area contributed by atoms with E-state index in [2.05, 4.69) is 15.6 Å². The highest BCUT2D eigenvalue weighted by atomic mass is 16.3. The molecule has 2 rings (SSSR count). The van der Waals surface area contributed by atoms with Crippen LogP contribution in [0.4, 0.5) is 5.69 Å². The van der Waals surface area contributed by atoms with Crippen LogP contribution in [0.2, 0.25) is 0 Å². The third-order valence-corrected chi connectivity index (χ3v) is 2.69. The van der Waals surface area contributed by atoms with Crippen LogP contribution in [-0.2, 0) is 0 Å². The van der Waals surface area contributed by atoms with Gasteiger partial charge in [-0.2, -0.15) is 0 Å². The summed E-state index contributed by atoms with van der Waals surface area (Å²) in [7, 11) is 0. The molecule has 5 nitrogen and oxygen atoms in total. The van der Waals surface area contributed by atoms with E-state index in [0.717, 1.165) is 18.0 Å². The fraction of sp³-hybridized carbons (Fsp3) is 0.286. The summed E-state index contributed by atoms with van der Waals surface area (Å²) in [5, 5.41) is 5.96. The van der Waals surface area contributed by atoms with Crippen molar-refractivity contribution < 1.29 is 9.21 Å². The minimum Gasteiger partial charge on any atom is -0.467 e. The lowest BCUT2D eigenvalue weighted by Gasteiger charge is -2.11. The lowest BCUT2D eigenvalue weighted by atomic mass is 10.2. The molecule has 0 saturated carbocycles. The van der Waals surface area contributed by atoms with Crippen molar-refractivity contribution in [2.45, 2.75) is 19.9 Å². The molecule has 0 spiro atoms. The van der Waals surface area contributed by atoms with Crippen molar-refractivity contribution in [1.82, 2.24) is 10.3 Å². The summed E-state index contributed by atoms with van der Waals surface area (Å²) in [5.74, 6) is 0.504. The Hall–Kier alpha value is -2.30. The van der Waals surface area contributed by atoms with Crippen molar-refractivity contribution in [2.24, 2.45) is 0 Å². The van der Waals surface area contributed by atoms with Crippen LogP contribution in [0.1, 0.15) is 36.1 Å². The zero-order valence-electron chi connectivity index (χ0n) is 11.0. The van der Waals surface area contributed by atoms with E-state index in [0.29, 0.717) is 5.69 Å². The number of rotatable bonds is 5. The maximum absolute atomic E-state index is 12.0. The van der Waals surface area contributed by atoms with E-state index in [1.165, 1.54) is 0 Å². The quantitative estimate of drug-likeness (QED) is 0.866. The van der Waals surface area contributed by atoms with E-state index in [1.807, 2.05) is 26.0 Å². The van der Waals surface area contributed by atoms with Crippen LogP contribution in [-0.4, -0.2) is 17.4 Å². The highest BCUT2D eigenvalue weighted by Gasteiger charge is 2.14. The van der Waals surface area contributed by atoms with E-state index in [4.69, 9.17) is 4.42 Å². The van der Waals surface area contributed by atoms with Gasteiger partial charge in [-0.3, -0.25) is 4.79 Å². The number of pyridine rings is 1. The molecular weight excluding hydrogens is 242 g/mol. The van der Waals surface area contributed by atoms with Crippen LogP contribution < -0.4 is 10.6 Å². The summed E-state index contributed by atoms with van der Waals surface area (Å²) in [4.78, 5) is 16.1. The highest BCUT2D eigenvalue weighted by molar-refractivity contribution is 5.92. The summed E-state index contributed by atoms with van der Waals surface area (Å²) in [6, 6.07) is 6.97. The lowest BCUT2D eigenvalue weighted by Crippen LogP contribution is -2.27. The average Bonchev–Trinajstić information content (AvgIpc) is 2.94. The normalized spacial score (nSPS) is 11.9. The van der Waals surface area contributed by atoms with Crippen LogP contribution in [0.25, 0.3) is 0 Å². The second-order valence-corrected chi connectivity index (χ2v) is 4.17. The van der Waals surface area contributed by atoms with E-state index < -0.39 is 0 Å². The van der Waals surface area contributed by atoms with Gasteiger partial charge in [0.15, 0.2) is 0 Å². The predicted molar refractivity (Wildman–Crippen MR) is 73.0 cm³/mol. The van der Waals surface area contributed by atoms with Crippen LogP contribution in [0.15, 0.2) is 41.1 Å². The molecule has 2 aromatic heterocycles. The first-order valence-corrected chi connectivity index (χ1v) is 6.25. The van der Waals surface area contributed by atoms with Gasteiger partial charge in [-0.1, -0.05) is 0 Å². The van der Waals surface area contributed by atoms with Crippen LogP contribution >= 0.6 is 0 Å². The third kappa shape index (κ3) is 3.34. The average molecular weight is 259 g/mol. The van der Waals surface area contributed by atoms with E-state index in [9.17, 15) is 4.79 Å². The molecular formula is C14H17N3O2. The van der Waals surface area contributed by atoms with Crippen molar-refractivity contribution in [3.8, 4) is 0 Å². The maximum Gasteiger partial charge on any atom is 0.270 e. The largest absolute Gasteiger partial charge is 0.467 e. The smallest absolute Gasteiger partial charge is 0.270 e. The van der Waals surface area contributed by atoms with Crippen molar-refractivity contribution >= 4 is 11.6 Å². The summed E-state index contributed by atoms with van der Waals surface area (Å²) >= 11 is 0. The number of hydrogen-bond donors (Lipinski definition) is 2. The molecule has 1 atom stereocenters. The number of aromatic nitrogens is 1. The fourth-order valence-electron chi connectivity index (χ4n) is 1.72. The van der Waals surface area contributed by atoms with Gasteiger partial charge in [0.05, 0.1) is 24.2 Å². The SMILES string of the molecule is CCNc1ccc(C(=O)NC(C)c2ccco2)nc1. The molecule has 100 valence electrons. The number of anilines is 1. The highest BCUT2D eigenvalue weighted by Crippen LogP contribution is 2.13. The number of nitrogens with one attached hydrogen (secondary N) is 2. The Labute approximate surface area is 112 Å². The molecule has 0 bridgehead atoms. The van der Waals surface area contributed by atoms with Gasteiger partial charge in [-0.05, 0) is 38.1 Å². The van der Waals surface area contributed by atoms with Gasteiger partial charge in [0, 0.05) is 6.54 Å². The molecule has 19 heavy (non-hydrogen) atoms. The number of furan rings is 1. The van der Waals surface area contributed by atoms with Crippen molar-refractivity contribution in [3.05, 3.63) is 48.2 Å². The van der Waals surface area contributed by atoms with Gasteiger partial charge in [0.2, 0.25) is 0 Å². The Morgan fingerprint density at radius 3 is 2.84 bits per heavy atom. The van der Waals surface area contributed by atoms with Gasteiger partial charge < -0.3 is 15.1 Å². The first kappa shape index (κ1) is 13.1. The molecule has 0 fully saturated rings. The molecule has 0 aliphatic heterocycles. The molecule has 0 radical (unpaired) electrons. The minimum atomic E-state index is -0.216. The number of carbonyl (C=O) groups is 1. The maximum atomic E-state index is 12.0. The minimum absolute atomic E-state index is 0.183. The fourth-order valence-corrected chi connectivity index (χ4v) is 1.72. The summed E-state index contributed by atoms with van der Waals surface area (Å²) in [5.41, 5.74) is 1.29. The van der Waals surface area contributed by atoms with Gasteiger partial charge in [0.1, 0.15) is 11.5 Å². The van der Waals surface area contributed by atoms with Crippen molar-refractivity contribution in [2.75, 3.05) is 11.9 Å². The molecule has 0 aliphatic rings. The molecule has 2 N–H and O–H groups in total. The number of nitrogens with zero attached hydrogens (tertiary/aromatic N) is 1. The van der Waals surface area contributed by atoms with E-state index in [-0.39, 0.29) is 11.9 Å². The summed E-state index contributed by atoms with van der Waals surface area (Å²) in [6.45, 7) is 4.69. The Kier molecular flexibility index (Phi) is 4.18. The van der Waals surface area contributed by atoms with Gasteiger partial charge in [-0.15, -0.1) is 0 Å². The number of amides is 1. The standard InChI is InChI=1S/C14H17N3O2/c1-3-15-11-6-7-12(16-9-11)14(18)17-10(2)13-5-4-8-19-13/h4-10,15H,3H2,1-2H3,(H,17,18). The predicted octanol–water partition coefficient (Wildman–Crippen LogP) is 2.60. The molecule has 5 heteroatoms. The van der Waals surface area contributed by atoms with Gasteiger partial charge in [0.25, 0.3) is 5.91 Å². The lowest BCUT2D eigenvalue weighted by molar-refractivity contribution is 0.0930. The Morgan fingerprint density at radius 1 is 1.42 bits per heavy atom. The monoisotopic (exact) mass is 259 g/mol. The van der Waals surface area contributed by atoms with Crippen molar-refractivity contribution in [3.63, 3.8) is 0 Å². The topological polar surface area (TPSA) is 67.2 Å². The first-order valence-electron chi connectivity index (χ1n) is 6.25. The molecule has 0 aliphatic carbocycles. The molecule has 0 saturated heterocycles. The molecule has 1 amide bonds. The zero-order chi connectivity index (χ0) is 13.7.